The maximum Gasteiger partial charge on any atom is 0.259 e. The van der Waals surface area contributed by atoms with Gasteiger partial charge >= 0.3 is 0 Å². The normalized spacial score (nSPS) is 14.8. The van der Waals surface area contributed by atoms with Gasteiger partial charge in [0.2, 0.25) is 0 Å². The number of rotatable bonds is 14. The molecule has 0 aliphatic carbocycles. The SMILES string of the molecule is C=CCOP(OCC(N)COCCCC)N(C(C)C)C(C)C. The Morgan fingerprint density at radius 2 is 1.77 bits per heavy atom. The lowest BCUT2D eigenvalue weighted by Gasteiger charge is -2.35. The number of unbranched alkanes of at least 4 members (excludes halogenated alkanes) is 1. The molecule has 2 atom stereocenters. The van der Waals surface area contributed by atoms with Crippen molar-refractivity contribution in [2.75, 3.05) is 26.4 Å². The van der Waals surface area contributed by atoms with Gasteiger partial charge in [-0.1, -0.05) is 19.4 Å². The van der Waals surface area contributed by atoms with E-state index in [1.165, 1.54) is 0 Å². The van der Waals surface area contributed by atoms with Crippen molar-refractivity contribution in [2.45, 2.75) is 65.6 Å². The molecule has 0 aromatic carbocycles. The van der Waals surface area contributed by atoms with Gasteiger partial charge in [-0.25, -0.2) is 4.67 Å². The van der Waals surface area contributed by atoms with Crippen molar-refractivity contribution in [1.82, 2.24) is 4.67 Å². The number of hydrogen-bond acceptors (Lipinski definition) is 5. The number of nitrogens with zero attached hydrogens (tertiary/aromatic N) is 1. The molecule has 132 valence electrons. The van der Waals surface area contributed by atoms with Crippen LogP contribution in [0.15, 0.2) is 12.7 Å². The topological polar surface area (TPSA) is 57.0 Å². The van der Waals surface area contributed by atoms with Crippen LogP contribution in [0.3, 0.4) is 0 Å². The predicted molar refractivity (Wildman–Crippen MR) is 94.8 cm³/mol. The fourth-order valence-electron chi connectivity index (χ4n) is 1.95. The van der Waals surface area contributed by atoms with E-state index in [2.05, 4.69) is 45.9 Å². The maximum absolute atomic E-state index is 6.05. The van der Waals surface area contributed by atoms with E-state index >= 15 is 0 Å². The summed E-state index contributed by atoms with van der Waals surface area (Å²) < 4.78 is 19.6. The lowest BCUT2D eigenvalue weighted by Crippen LogP contribution is -2.36. The first kappa shape index (κ1) is 22.0. The average Bonchev–Trinajstić information content (AvgIpc) is 2.45. The van der Waals surface area contributed by atoms with Gasteiger partial charge in [0.15, 0.2) is 0 Å². The van der Waals surface area contributed by atoms with E-state index in [0.29, 0.717) is 31.9 Å². The van der Waals surface area contributed by atoms with E-state index in [4.69, 9.17) is 19.5 Å². The molecular weight excluding hydrogens is 299 g/mol. The Morgan fingerprint density at radius 1 is 1.14 bits per heavy atom. The molecule has 0 rings (SSSR count). The molecule has 0 saturated heterocycles. The minimum Gasteiger partial charge on any atom is -0.380 e. The molecule has 0 aromatic rings. The summed E-state index contributed by atoms with van der Waals surface area (Å²) in [5, 5.41) is 0. The van der Waals surface area contributed by atoms with Crippen LogP contribution < -0.4 is 5.73 Å². The van der Waals surface area contributed by atoms with E-state index in [1.807, 2.05) is 0 Å². The fraction of sp³-hybridized carbons (Fsp3) is 0.875. The van der Waals surface area contributed by atoms with Crippen molar-refractivity contribution in [1.29, 1.82) is 0 Å². The zero-order valence-electron chi connectivity index (χ0n) is 15.0. The smallest absolute Gasteiger partial charge is 0.259 e. The Bertz CT molecular complexity index is 270. The van der Waals surface area contributed by atoms with Gasteiger partial charge in [0.1, 0.15) is 0 Å². The van der Waals surface area contributed by atoms with E-state index in [1.54, 1.807) is 6.08 Å². The summed E-state index contributed by atoms with van der Waals surface area (Å²) in [6, 6.07) is 0.552. The van der Waals surface area contributed by atoms with Crippen LogP contribution >= 0.6 is 8.53 Å². The zero-order chi connectivity index (χ0) is 17.0. The predicted octanol–water partition coefficient (Wildman–Crippen LogP) is 3.70. The molecule has 0 radical (unpaired) electrons. The second kappa shape index (κ2) is 13.4. The second-order valence-corrected chi connectivity index (χ2v) is 7.33. The number of nitrogens with two attached hydrogens (primary N) is 1. The van der Waals surface area contributed by atoms with Crippen LogP contribution in [0.25, 0.3) is 0 Å². The highest BCUT2D eigenvalue weighted by Crippen LogP contribution is 2.45. The molecule has 0 aliphatic rings. The van der Waals surface area contributed by atoms with Gasteiger partial charge in [0.25, 0.3) is 8.53 Å². The van der Waals surface area contributed by atoms with Gasteiger partial charge in [0.05, 0.1) is 25.9 Å². The third-order valence-electron chi connectivity index (χ3n) is 2.92. The molecule has 5 nitrogen and oxygen atoms in total. The number of ether oxygens (including phenoxy) is 1. The summed E-state index contributed by atoms with van der Waals surface area (Å²) in [5.74, 6) is 0. The highest BCUT2D eigenvalue weighted by molar-refractivity contribution is 7.44. The summed E-state index contributed by atoms with van der Waals surface area (Å²) in [6.45, 7) is 16.6. The number of hydrogen-bond donors (Lipinski definition) is 1. The van der Waals surface area contributed by atoms with Gasteiger partial charge in [-0.05, 0) is 34.1 Å². The Morgan fingerprint density at radius 3 is 2.27 bits per heavy atom. The maximum atomic E-state index is 6.05. The largest absolute Gasteiger partial charge is 0.380 e. The van der Waals surface area contributed by atoms with Gasteiger partial charge in [-0.3, -0.25) is 0 Å². The summed E-state index contributed by atoms with van der Waals surface area (Å²) in [7, 11) is -1.14. The van der Waals surface area contributed by atoms with Gasteiger partial charge in [0, 0.05) is 18.7 Å². The van der Waals surface area contributed by atoms with E-state index in [0.717, 1.165) is 19.4 Å². The lowest BCUT2D eigenvalue weighted by atomic mass is 10.3. The Kier molecular flexibility index (Phi) is 13.4. The van der Waals surface area contributed by atoms with Crippen molar-refractivity contribution in [2.24, 2.45) is 5.73 Å². The van der Waals surface area contributed by atoms with Gasteiger partial charge in [-0.15, -0.1) is 6.58 Å². The molecule has 0 bridgehead atoms. The van der Waals surface area contributed by atoms with Crippen molar-refractivity contribution < 1.29 is 13.8 Å². The van der Waals surface area contributed by atoms with Crippen LogP contribution in [0.5, 0.6) is 0 Å². The lowest BCUT2D eigenvalue weighted by molar-refractivity contribution is 0.0968. The van der Waals surface area contributed by atoms with Crippen LogP contribution in [0.2, 0.25) is 0 Å². The molecule has 2 N–H and O–H groups in total. The third-order valence-corrected chi connectivity index (χ3v) is 4.96. The Labute approximate surface area is 138 Å². The van der Waals surface area contributed by atoms with Crippen molar-refractivity contribution >= 4 is 8.53 Å². The first-order valence-corrected chi connectivity index (χ1v) is 9.35. The summed E-state index contributed by atoms with van der Waals surface area (Å²) in [4.78, 5) is 0. The zero-order valence-corrected chi connectivity index (χ0v) is 15.9. The minimum atomic E-state index is -1.14. The molecule has 0 aromatic heterocycles. The monoisotopic (exact) mass is 334 g/mol. The molecule has 0 heterocycles. The Balaban J connectivity index is 4.36. The quantitative estimate of drug-likeness (QED) is 0.298. The molecule has 0 saturated carbocycles. The van der Waals surface area contributed by atoms with Crippen LogP contribution in [0.1, 0.15) is 47.5 Å². The fourth-order valence-corrected chi connectivity index (χ4v) is 3.60. The van der Waals surface area contributed by atoms with Crippen LogP contribution in [-0.2, 0) is 13.8 Å². The highest BCUT2D eigenvalue weighted by Gasteiger charge is 2.27. The molecule has 0 aliphatic heterocycles. The molecular formula is C16H35N2O3P. The molecule has 0 fully saturated rings. The Hall–Kier alpha value is -0.0300. The first-order valence-electron chi connectivity index (χ1n) is 8.22. The summed E-state index contributed by atoms with van der Waals surface area (Å²) >= 11 is 0. The highest BCUT2D eigenvalue weighted by atomic mass is 31.2. The van der Waals surface area contributed by atoms with Gasteiger partial charge in [-0.2, -0.15) is 0 Å². The van der Waals surface area contributed by atoms with Gasteiger partial charge < -0.3 is 19.5 Å². The van der Waals surface area contributed by atoms with E-state index in [9.17, 15) is 0 Å². The second-order valence-electron chi connectivity index (χ2n) is 5.87. The van der Waals surface area contributed by atoms with Crippen molar-refractivity contribution in [3.05, 3.63) is 12.7 Å². The van der Waals surface area contributed by atoms with Crippen LogP contribution in [0, 0.1) is 0 Å². The van der Waals surface area contributed by atoms with Crippen molar-refractivity contribution in [3.8, 4) is 0 Å². The standard InChI is InChI=1S/C16H35N2O3P/c1-7-9-11-19-12-16(17)13-21-22(20-10-8-2)18(14(3)4)15(5)6/h8,14-16H,2,7,9-13,17H2,1,3-6H3. The molecule has 22 heavy (non-hydrogen) atoms. The molecule has 0 spiro atoms. The van der Waals surface area contributed by atoms with Crippen LogP contribution in [-0.4, -0.2) is 49.2 Å². The summed E-state index contributed by atoms with van der Waals surface area (Å²) in [6.07, 6.45) is 3.94. The summed E-state index contributed by atoms with van der Waals surface area (Å²) in [5.41, 5.74) is 6.05. The van der Waals surface area contributed by atoms with Crippen LogP contribution in [0.4, 0.5) is 0 Å². The third kappa shape index (κ3) is 9.88. The molecule has 0 amide bonds. The van der Waals surface area contributed by atoms with Crippen molar-refractivity contribution in [3.63, 3.8) is 0 Å². The molecule has 2 unspecified atom stereocenters. The first-order chi connectivity index (χ1) is 10.4. The average molecular weight is 334 g/mol. The minimum absolute atomic E-state index is 0.129. The van der Waals surface area contributed by atoms with E-state index in [-0.39, 0.29) is 6.04 Å². The van der Waals surface area contributed by atoms with E-state index < -0.39 is 8.53 Å². The molecule has 6 heteroatoms.